The highest BCUT2D eigenvalue weighted by Gasteiger charge is 2.09. The van der Waals surface area contributed by atoms with Crippen LogP contribution in [-0.2, 0) is 25.7 Å². The molecule has 0 unspecified atom stereocenters. The number of hydrogen-bond donors (Lipinski definition) is 0. The van der Waals surface area contributed by atoms with Gasteiger partial charge < -0.3 is 9.47 Å². The zero-order valence-corrected chi connectivity index (χ0v) is 13.6. The molecule has 1 rings (SSSR count). The molecule has 0 N–H and O–H groups in total. The van der Waals surface area contributed by atoms with Crippen molar-refractivity contribution in [3.05, 3.63) is 35.4 Å². The predicted molar refractivity (Wildman–Crippen MR) is 85.3 cm³/mol. The molecule has 0 aliphatic heterocycles. The number of carbonyl (C=O) groups excluding carboxylic acids is 2. The van der Waals surface area contributed by atoms with Gasteiger partial charge in [0.1, 0.15) is 6.61 Å². The van der Waals surface area contributed by atoms with E-state index in [2.05, 4.69) is 6.92 Å². The van der Waals surface area contributed by atoms with Crippen LogP contribution in [-0.4, -0.2) is 18.5 Å². The van der Waals surface area contributed by atoms with Crippen molar-refractivity contribution < 1.29 is 19.1 Å². The van der Waals surface area contributed by atoms with Crippen molar-refractivity contribution >= 4 is 11.9 Å². The predicted octanol–water partition coefficient (Wildman–Crippen LogP) is 3.94. The number of aryl methyl sites for hydroxylation is 1. The highest BCUT2D eigenvalue weighted by molar-refractivity contribution is 5.77. The molecule has 22 heavy (non-hydrogen) atoms. The van der Waals surface area contributed by atoms with Gasteiger partial charge in [0.2, 0.25) is 0 Å². The Morgan fingerprint density at radius 1 is 0.909 bits per heavy atom. The van der Waals surface area contributed by atoms with Crippen molar-refractivity contribution in [3.8, 4) is 0 Å². The Morgan fingerprint density at radius 3 is 2.18 bits per heavy atom. The lowest BCUT2D eigenvalue weighted by Crippen LogP contribution is -2.11. The molecule has 0 amide bonds. The Bertz CT molecular complexity index is 451. The number of unbranched alkanes of at least 4 members (excludes halogenated alkanes) is 3. The second kappa shape index (κ2) is 10.8. The van der Waals surface area contributed by atoms with E-state index in [4.69, 9.17) is 9.47 Å². The van der Waals surface area contributed by atoms with Crippen LogP contribution in [0, 0.1) is 6.92 Å². The molecular formula is C18H26O4. The topological polar surface area (TPSA) is 52.6 Å². The third-order valence-corrected chi connectivity index (χ3v) is 3.31. The summed E-state index contributed by atoms with van der Waals surface area (Å²) in [4.78, 5) is 23.0. The fraction of sp³-hybridized carbons (Fsp3) is 0.556. The van der Waals surface area contributed by atoms with Crippen molar-refractivity contribution in [1.82, 2.24) is 0 Å². The maximum Gasteiger partial charge on any atom is 0.306 e. The largest absolute Gasteiger partial charge is 0.466 e. The SMILES string of the molecule is CCCCCCOC(=O)CCC(=O)OCc1ccc(C)cc1. The van der Waals surface area contributed by atoms with Crippen molar-refractivity contribution in [2.75, 3.05) is 6.61 Å². The quantitative estimate of drug-likeness (QED) is 0.485. The van der Waals surface area contributed by atoms with E-state index < -0.39 is 0 Å². The summed E-state index contributed by atoms with van der Waals surface area (Å²) in [6.45, 7) is 4.82. The molecule has 0 atom stereocenters. The number of ether oxygens (including phenoxy) is 2. The zero-order valence-electron chi connectivity index (χ0n) is 13.6. The van der Waals surface area contributed by atoms with Crippen molar-refractivity contribution in [2.24, 2.45) is 0 Å². The normalized spacial score (nSPS) is 10.3. The number of carbonyl (C=O) groups is 2. The van der Waals surface area contributed by atoms with Gasteiger partial charge in [0.05, 0.1) is 19.4 Å². The second-order valence-electron chi connectivity index (χ2n) is 5.43. The average Bonchev–Trinajstić information content (AvgIpc) is 2.52. The Labute approximate surface area is 132 Å². The highest BCUT2D eigenvalue weighted by atomic mass is 16.5. The van der Waals surface area contributed by atoms with Crippen LogP contribution >= 0.6 is 0 Å². The van der Waals surface area contributed by atoms with Gasteiger partial charge in [-0.05, 0) is 18.9 Å². The molecule has 0 bridgehead atoms. The van der Waals surface area contributed by atoms with Crippen LogP contribution < -0.4 is 0 Å². The second-order valence-corrected chi connectivity index (χ2v) is 5.43. The molecule has 0 spiro atoms. The van der Waals surface area contributed by atoms with E-state index in [0.29, 0.717) is 6.61 Å². The fourth-order valence-electron chi connectivity index (χ4n) is 1.91. The summed E-state index contributed by atoms with van der Waals surface area (Å²) in [5.41, 5.74) is 2.11. The summed E-state index contributed by atoms with van der Waals surface area (Å²) in [5, 5.41) is 0. The van der Waals surface area contributed by atoms with E-state index >= 15 is 0 Å². The van der Waals surface area contributed by atoms with Crippen molar-refractivity contribution in [2.45, 2.75) is 59.0 Å². The summed E-state index contributed by atoms with van der Waals surface area (Å²) >= 11 is 0. The van der Waals surface area contributed by atoms with Gasteiger partial charge in [0.25, 0.3) is 0 Å². The van der Waals surface area contributed by atoms with Gasteiger partial charge in [-0.3, -0.25) is 9.59 Å². The summed E-state index contributed by atoms with van der Waals surface area (Å²) in [6.07, 6.45) is 4.42. The molecule has 0 fully saturated rings. The lowest BCUT2D eigenvalue weighted by atomic mass is 10.2. The molecule has 0 aliphatic carbocycles. The fourth-order valence-corrected chi connectivity index (χ4v) is 1.91. The molecule has 1 aromatic carbocycles. The van der Waals surface area contributed by atoms with Crippen LogP contribution in [0.15, 0.2) is 24.3 Å². The van der Waals surface area contributed by atoms with E-state index in [-0.39, 0.29) is 31.4 Å². The summed E-state index contributed by atoms with van der Waals surface area (Å²) in [7, 11) is 0. The van der Waals surface area contributed by atoms with E-state index in [1.807, 2.05) is 31.2 Å². The van der Waals surface area contributed by atoms with E-state index in [1.165, 1.54) is 0 Å². The van der Waals surface area contributed by atoms with Crippen molar-refractivity contribution in [1.29, 1.82) is 0 Å². The molecule has 0 heterocycles. The summed E-state index contributed by atoms with van der Waals surface area (Å²) in [5.74, 6) is -0.702. The summed E-state index contributed by atoms with van der Waals surface area (Å²) in [6, 6.07) is 7.79. The van der Waals surface area contributed by atoms with Crippen LogP contribution in [0.2, 0.25) is 0 Å². The minimum atomic E-state index is -0.372. The monoisotopic (exact) mass is 306 g/mol. The van der Waals surface area contributed by atoms with Gasteiger partial charge in [-0.2, -0.15) is 0 Å². The van der Waals surface area contributed by atoms with Crippen LogP contribution in [0.3, 0.4) is 0 Å². The first kappa shape index (κ1) is 18.2. The van der Waals surface area contributed by atoms with E-state index in [0.717, 1.165) is 36.8 Å². The Morgan fingerprint density at radius 2 is 1.55 bits per heavy atom. The summed E-state index contributed by atoms with van der Waals surface area (Å²) < 4.78 is 10.2. The van der Waals surface area contributed by atoms with Crippen molar-refractivity contribution in [3.63, 3.8) is 0 Å². The zero-order chi connectivity index (χ0) is 16.2. The number of hydrogen-bond acceptors (Lipinski definition) is 4. The Hall–Kier alpha value is -1.84. The van der Waals surface area contributed by atoms with Gasteiger partial charge in [-0.15, -0.1) is 0 Å². The molecule has 1 aromatic rings. The van der Waals surface area contributed by atoms with Gasteiger partial charge >= 0.3 is 11.9 Å². The standard InChI is InChI=1S/C18H26O4/c1-3-4-5-6-13-21-17(19)11-12-18(20)22-14-16-9-7-15(2)8-10-16/h7-10H,3-6,11-14H2,1-2H3. The molecule has 122 valence electrons. The molecule has 0 aliphatic rings. The Balaban J connectivity index is 2.09. The molecule has 0 aromatic heterocycles. The van der Waals surface area contributed by atoms with Gasteiger partial charge in [0.15, 0.2) is 0 Å². The molecule has 0 saturated carbocycles. The number of esters is 2. The number of benzene rings is 1. The van der Waals surface area contributed by atoms with Gasteiger partial charge in [-0.1, -0.05) is 56.0 Å². The van der Waals surface area contributed by atoms with Crippen LogP contribution in [0.1, 0.15) is 56.6 Å². The average molecular weight is 306 g/mol. The minimum Gasteiger partial charge on any atom is -0.466 e. The Kier molecular flexibility index (Phi) is 8.96. The first-order chi connectivity index (χ1) is 10.6. The lowest BCUT2D eigenvalue weighted by molar-refractivity contribution is -0.151. The van der Waals surface area contributed by atoms with E-state index in [1.54, 1.807) is 0 Å². The molecule has 4 heteroatoms. The van der Waals surface area contributed by atoms with Gasteiger partial charge in [-0.25, -0.2) is 0 Å². The third kappa shape index (κ3) is 8.45. The van der Waals surface area contributed by atoms with Crippen LogP contribution in [0.4, 0.5) is 0 Å². The number of rotatable bonds is 10. The highest BCUT2D eigenvalue weighted by Crippen LogP contribution is 2.06. The molecular weight excluding hydrogens is 280 g/mol. The van der Waals surface area contributed by atoms with E-state index in [9.17, 15) is 9.59 Å². The van der Waals surface area contributed by atoms with Crippen LogP contribution in [0.5, 0.6) is 0 Å². The third-order valence-electron chi connectivity index (χ3n) is 3.31. The first-order valence-electron chi connectivity index (χ1n) is 7.98. The van der Waals surface area contributed by atoms with Gasteiger partial charge in [0, 0.05) is 0 Å². The smallest absolute Gasteiger partial charge is 0.306 e. The maximum absolute atomic E-state index is 11.6. The van der Waals surface area contributed by atoms with Crippen LogP contribution in [0.25, 0.3) is 0 Å². The maximum atomic E-state index is 11.6. The lowest BCUT2D eigenvalue weighted by Gasteiger charge is -2.06. The minimum absolute atomic E-state index is 0.0691. The molecule has 0 saturated heterocycles. The first-order valence-corrected chi connectivity index (χ1v) is 7.98. The molecule has 4 nitrogen and oxygen atoms in total. The molecule has 0 radical (unpaired) electrons.